The Morgan fingerprint density at radius 1 is 0.673 bits per heavy atom. The number of ether oxygens (including phenoxy) is 3. The summed E-state index contributed by atoms with van der Waals surface area (Å²) in [5.41, 5.74) is 3.84. The van der Waals surface area contributed by atoms with Crippen molar-refractivity contribution in [3.8, 4) is 5.75 Å². The molecular formula is C39H41NO9. The van der Waals surface area contributed by atoms with E-state index >= 15 is 0 Å². The van der Waals surface area contributed by atoms with Gasteiger partial charge in [-0.05, 0) is 80.0 Å². The van der Waals surface area contributed by atoms with Gasteiger partial charge in [0.15, 0.2) is 0 Å². The minimum Gasteiger partial charge on any atom is -0.489 e. The lowest BCUT2D eigenvalue weighted by atomic mass is 9.93. The molecule has 1 unspecified atom stereocenters. The molecule has 0 spiro atoms. The lowest BCUT2D eigenvalue weighted by Crippen LogP contribution is -2.45. The number of carboxylic acids is 2. The van der Waals surface area contributed by atoms with Gasteiger partial charge in [0.05, 0.1) is 11.1 Å². The molecule has 0 aliphatic carbocycles. The largest absolute Gasteiger partial charge is 0.489 e. The van der Waals surface area contributed by atoms with E-state index < -0.39 is 36.1 Å². The summed E-state index contributed by atoms with van der Waals surface area (Å²) in [7, 11) is 4.23. The van der Waals surface area contributed by atoms with Crippen LogP contribution < -0.4 is 4.74 Å². The van der Waals surface area contributed by atoms with Gasteiger partial charge in [-0.25, -0.2) is 19.2 Å². The third-order valence-corrected chi connectivity index (χ3v) is 7.15. The fraction of sp³-hybridized carbons (Fsp3) is 0.231. The van der Waals surface area contributed by atoms with Gasteiger partial charge >= 0.3 is 23.9 Å². The highest BCUT2D eigenvalue weighted by atomic mass is 16.6. The minimum absolute atomic E-state index is 0.0253. The first kappa shape index (κ1) is 37.7. The summed E-state index contributed by atoms with van der Waals surface area (Å²) in [6.07, 6.45) is -2.22. The first-order valence-corrected chi connectivity index (χ1v) is 15.6. The molecule has 0 saturated carbocycles. The Kier molecular flexibility index (Phi) is 14.8. The van der Waals surface area contributed by atoms with Crippen LogP contribution in [0, 0.1) is 5.92 Å². The van der Waals surface area contributed by atoms with Crippen molar-refractivity contribution >= 4 is 29.5 Å². The highest BCUT2D eigenvalue weighted by Gasteiger charge is 2.41. The predicted octanol–water partition coefficient (Wildman–Crippen LogP) is 6.47. The van der Waals surface area contributed by atoms with Gasteiger partial charge in [-0.2, -0.15) is 0 Å². The summed E-state index contributed by atoms with van der Waals surface area (Å²) >= 11 is 0. The number of carbonyl (C=O) groups is 4. The number of hydrogen-bond donors (Lipinski definition) is 2. The van der Waals surface area contributed by atoms with Crippen molar-refractivity contribution in [2.45, 2.75) is 32.7 Å². The van der Waals surface area contributed by atoms with E-state index in [1.54, 1.807) is 12.1 Å². The van der Waals surface area contributed by atoms with E-state index in [9.17, 15) is 29.4 Å². The van der Waals surface area contributed by atoms with Crippen molar-refractivity contribution in [3.05, 3.63) is 144 Å². The highest BCUT2D eigenvalue weighted by Crippen LogP contribution is 2.27. The van der Waals surface area contributed by atoms with Crippen molar-refractivity contribution in [2.75, 3.05) is 20.6 Å². The van der Waals surface area contributed by atoms with Crippen LogP contribution in [0.15, 0.2) is 121 Å². The number of allylic oxidation sites excluding steroid dienone is 1. The van der Waals surface area contributed by atoms with Crippen LogP contribution in [0.25, 0.3) is 5.57 Å². The maximum absolute atomic E-state index is 12.0. The normalized spacial score (nSPS) is 12.8. The van der Waals surface area contributed by atoms with Gasteiger partial charge in [0.25, 0.3) is 0 Å². The van der Waals surface area contributed by atoms with Gasteiger partial charge in [0.1, 0.15) is 12.4 Å². The van der Waals surface area contributed by atoms with E-state index in [1.165, 1.54) is 65.2 Å². The number of benzene rings is 4. The molecule has 0 aromatic heterocycles. The van der Waals surface area contributed by atoms with Crippen LogP contribution in [0.4, 0.5) is 0 Å². The van der Waals surface area contributed by atoms with Gasteiger partial charge in [-0.1, -0.05) is 91.9 Å². The Bertz CT molecular complexity index is 1620. The number of rotatable bonds is 14. The van der Waals surface area contributed by atoms with Crippen LogP contribution in [0.5, 0.6) is 5.75 Å². The minimum atomic E-state index is -2.21. The number of nitrogens with zero attached hydrogens (tertiary/aromatic N) is 1. The van der Waals surface area contributed by atoms with Gasteiger partial charge < -0.3 is 29.3 Å². The lowest BCUT2D eigenvalue weighted by molar-refractivity contribution is -0.166. The summed E-state index contributed by atoms with van der Waals surface area (Å²) in [4.78, 5) is 49.1. The summed E-state index contributed by atoms with van der Waals surface area (Å²) in [6.45, 7) is 6.02. The lowest BCUT2D eigenvalue weighted by Gasteiger charge is -2.21. The first-order valence-electron chi connectivity index (χ1n) is 15.6. The quantitative estimate of drug-likeness (QED) is 0.144. The second kappa shape index (κ2) is 19.2. The standard InChI is InChI=1S/C21H27NO.C18H14O8/c1-5-21(17(2)15-22(3)4)19-12-9-13-20(14-19)23-16-18-10-7-6-8-11-18;19-15(20)13(25-17(23)11-7-3-1-4-8-11)14(16(21)22)26-18(24)12-9-5-2-6-10-12/h5-14,17H,15-16H2,1-4H3;1-10,13-14H,(H,19,20)(H,21,22)/t17-;13-,14?/m01/s1. The number of aliphatic carboxylic acids is 2. The van der Waals surface area contributed by atoms with E-state index in [2.05, 4.69) is 69.3 Å². The summed E-state index contributed by atoms with van der Waals surface area (Å²) in [5, 5.41) is 18.5. The molecule has 4 aromatic rings. The second-order valence-electron chi connectivity index (χ2n) is 11.3. The topological polar surface area (TPSA) is 140 Å². The molecule has 0 amide bonds. The molecule has 0 radical (unpaired) electrons. The highest BCUT2D eigenvalue weighted by molar-refractivity contribution is 5.95. The predicted molar refractivity (Wildman–Crippen MR) is 185 cm³/mol. The Morgan fingerprint density at radius 3 is 1.55 bits per heavy atom. The van der Waals surface area contributed by atoms with E-state index in [0.29, 0.717) is 12.5 Å². The smallest absolute Gasteiger partial charge is 0.349 e. The molecule has 0 fully saturated rings. The van der Waals surface area contributed by atoms with Crippen LogP contribution in [0.3, 0.4) is 0 Å². The molecule has 0 heterocycles. The first-order chi connectivity index (χ1) is 23.5. The molecule has 2 N–H and O–H groups in total. The number of carboxylic acid groups (broad SMARTS) is 2. The van der Waals surface area contributed by atoms with Crippen LogP contribution in [0.2, 0.25) is 0 Å². The fourth-order valence-electron chi connectivity index (χ4n) is 4.89. The summed E-state index contributed by atoms with van der Waals surface area (Å²) in [5.74, 6) is -4.23. The molecular weight excluding hydrogens is 626 g/mol. The van der Waals surface area contributed by atoms with Crippen molar-refractivity contribution in [1.29, 1.82) is 0 Å². The monoisotopic (exact) mass is 667 g/mol. The van der Waals surface area contributed by atoms with E-state index in [0.717, 1.165) is 12.3 Å². The van der Waals surface area contributed by atoms with E-state index in [-0.39, 0.29) is 11.1 Å². The van der Waals surface area contributed by atoms with Crippen LogP contribution in [-0.2, 0) is 25.7 Å². The number of hydrogen-bond acceptors (Lipinski definition) is 8. The average molecular weight is 668 g/mol. The number of carbonyl (C=O) groups excluding carboxylic acids is 2. The van der Waals surface area contributed by atoms with E-state index in [1.807, 2.05) is 24.3 Å². The van der Waals surface area contributed by atoms with Crippen molar-refractivity contribution in [3.63, 3.8) is 0 Å². The Hall–Kier alpha value is -5.74. The molecule has 10 heteroatoms. The SMILES string of the molecule is CC=C(c1cccc(OCc2ccccc2)c1)[C@@H](C)CN(C)C.O=C(OC(C(=O)O)[C@@H](OC(=O)c1ccccc1)C(=O)O)c1ccccc1. The molecule has 4 aromatic carbocycles. The molecule has 4 rings (SSSR count). The van der Waals surface area contributed by atoms with Crippen molar-refractivity contribution in [1.82, 2.24) is 4.90 Å². The molecule has 0 bridgehead atoms. The van der Waals surface area contributed by atoms with Gasteiger partial charge in [-0.15, -0.1) is 0 Å². The third kappa shape index (κ3) is 12.1. The molecule has 10 nitrogen and oxygen atoms in total. The Morgan fingerprint density at radius 2 is 1.12 bits per heavy atom. The van der Waals surface area contributed by atoms with E-state index in [4.69, 9.17) is 14.2 Å². The van der Waals surface area contributed by atoms with Crippen LogP contribution in [-0.4, -0.2) is 71.8 Å². The number of esters is 2. The van der Waals surface area contributed by atoms with Gasteiger partial charge in [0.2, 0.25) is 12.2 Å². The molecule has 0 saturated heterocycles. The Balaban J connectivity index is 0.000000267. The molecule has 0 aliphatic rings. The summed E-state index contributed by atoms with van der Waals surface area (Å²) in [6, 6.07) is 33.5. The average Bonchev–Trinajstić information content (AvgIpc) is 3.10. The molecule has 0 aliphatic heterocycles. The fourth-order valence-corrected chi connectivity index (χ4v) is 4.89. The molecule has 3 atom stereocenters. The van der Waals surface area contributed by atoms with Crippen molar-refractivity contribution < 1.29 is 43.6 Å². The van der Waals surface area contributed by atoms with Crippen LogP contribution in [0.1, 0.15) is 45.7 Å². The summed E-state index contributed by atoms with van der Waals surface area (Å²) < 4.78 is 15.5. The van der Waals surface area contributed by atoms with Crippen molar-refractivity contribution in [2.24, 2.45) is 5.92 Å². The van der Waals surface area contributed by atoms with Gasteiger partial charge in [0, 0.05) is 6.54 Å². The Labute approximate surface area is 286 Å². The zero-order valence-corrected chi connectivity index (χ0v) is 27.9. The maximum atomic E-state index is 12.0. The van der Waals surface area contributed by atoms with Gasteiger partial charge in [-0.3, -0.25) is 0 Å². The zero-order valence-electron chi connectivity index (χ0n) is 27.9. The maximum Gasteiger partial charge on any atom is 0.349 e. The zero-order chi connectivity index (χ0) is 35.8. The van der Waals surface area contributed by atoms with Crippen LogP contribution >= 0.6 is 0 Å². The second-order valence-corrected chi connectivity index (χ2v) is 11.3. The third-order valence-electron chi connectivity index (χ3n) is 7.15. The molecule has 49 heavy (non-hydrogen) atoms. The molecule has 256 valence electrons.